The molecule has 0 unspecified atom stereocenters. The Kier molecular flexibility index (Phi) is 5.40. The van der Waals surface area contributed by atoms with Gasteiger partial charge in [-0.2, -0.15) is 5.10 Å². The Balaban J connectivity index is 1.52. The maximum atomic E-state index is 13.1. The Morgan fingerprint density at radius 1 is 1.19 bits per heavy atom. The Morgan fingerprint density at radius 2 is 2.03 bits per heavy atom. The number of aromatic amines is 1. The van der Waals surface area contributed by atoms with E-state index >= 15 is 0 Å². The monoisotopic (exact) mass is 424 g/mol. The van der Waals surface area contributed by atoms with Crippen LogP contribution in [0.4, 0.5) is 0 Å². The van der Waals surface area contributed by atoms with Crippen LogP contribution in [0, 0.1) is 0 Å². The Hall–Kier alpha value is -2.87. The highest BCUT2D eigenvalue weighted by molar-refractivity contribution is 5.80. The van der Waals surface area contributed by atoms with E-state index in [4.69, 9.17) is 24.3 Å². The maximum absolute atomic E-state index is 13.1. The van der Waals surface area contributed by atoms with Crippen molar-refractivity contribution in [3.8, 4) is 22.9 Å². The normalized spacial score (nSPS) is 19.7. The third kappa shape index (κ3) is 3.80. The van der Waals surface area contributed by atoms with E-state index in [1.54, 1.807) is 11.8 Å². The van der Waals surface area contributed by atoms with Crippen molar-refractivity contribution in [3.63, 3.8) is 0 Å². The van der Waals surface area contributed by atoms with E-state index in [9.17, 15) is 4.79 Å². The van der Waals surface area contributed by atoms with Gasteiger partial charge in [0.05, 0.1) is 31.6 Å². The van der Waals surface area contributed by atoms with Gasteiger partial charge in [-0.05, 0) is 25.0 Å². The molecule has 1 aliphatic carbocycles. The van der Waals surface area contributed by atoms with Crippen molar-refractivity contribution in [2.45, 2.75) is 50.5 Å². The van der Waals surface area contributed by atoms with Gasteiger partial charge >= 0.3 is 0 Å². The molecular weight excluding hydrogens is 396 g/mol. The highest BCUT2D eigenvalue weighted by Crippen LogP contribution is 2.36. The van der Waals surface area contributed by atoms with Gasteiger partial charge < -0.3 is 19.2 Å². The van der Waals surface area contributed by atoms with Crippen molar-refractivity contribution in [1.29, 1.82) is 0 Å². The number of fused-ring (bicyclic) bond motifs is 1. The number of hydrogen-bond donors (Lipinski definition) is 1. The second-order valence-corrected chi connectivity index (χ2v) is 8.42. The zero-order valence-corrected chi connectivity index (χ0v) is 18.0. The summed E-state index contributed by atoms with van der Waals surface area (Å²) in [6, 6.07) is 5.57. The van der Waals surface area contributed by atoms with Crippen molar-refractivity contribution >= 4 is 11.0 Å². The SMILES string of the molecule is COc1cc(O[C@H]2CCOC2)ccc1-c1nc2c(c(C3CCCCC3)nn2C)c(=O)[nH]1. The molecule has 1 atom stereocenters. The minimum Gasteiger partial charge on any atom is -0.496 e. The van der Waals surface area contributed by atoms with Gasteiger partial charge in [-0.15, -0.1) is 0 Å². The van der Waals surface area contributed by atoms with Crippen LogP contribution in [0.5, 0.6) is 11.5 Å². The van der Waals surface area contributed by atoms with Crippen molar-refractivity contribution < 1.29 is 14.2 Å². The fourth-order valence-corrected chi connectivity index (χ4v) is 4.71. The van der Waals surface area contributed by atoms with Crippen LogP contribution in [0.25, 0.3) is 22.4 Å². The van der Waals surface area contributed by atoms with E-state index in [0.717, 1.165) is 31.6 Å². The first-order chi connectivity index (χ1) is 15.1. The molecule has 1 N–H and O–H groups in total. The first-order valence-electron chi connectivity index (χ1n) is 11.0. The van der Waals surface area contributed by atoms with Crippen LogP contribution in [-0.4, -0.2) is 46.2 Å². The molecule has 8 nitrogen and oxygen atoms in total. The summed E-state index contributed by atoms with van der Waals surface area (Å²) in [6.07, 6.45) is 6.71. The Bertz CT molecular complexity index is 1140. The fraction of sp³-hybridized carbons (Fsp3) is 0.522. The number of nitrogens with zero attached hydrogens (tertiary/aromatic N) is 3. The van der Waals surface area contributed by atoms with Crippen LogP contribution in [0.15, 0.2) is 23.0 Å². The summed E-state index contributed by atoms with van der Waals surface area (Å²) in [5, 5.41) is 5.30. The van der Waals surface area contributed by atoms with E-state index in [-0.39, 0.29) is 11.7 Å². The average Bonchev–Trinajstić information content (AvgIpc) is 3.42. The van der Waals surface area contributed by atoms with Crippen molar-refractivity contribution in [1.82, 2.24) is 19.7 Å². The van der Waals surface area contributed by atoms with Crippen molar-refractivity contribution in [2.75, 3.05) is 20.3 Å². The van der Waals surface area contributed by atoms with Crippen molar-refractivity contribution in [2.24, 2.45) is 7.05 Å². The summed E-state index contributed by atoms with van der Waals surface area (Å²) >= 11 is 0. The lowest BCUT2D eigenvalue weighted by molar-refractivity contribution is 0.141. The molecule has 0 amide bonds. The van der Waals surface area contributed by atoms with Crippen molar-refractivity contribution in [3.05, 3.63) is 34.2 Å². The highest BCUT2D eigenvalue weighted by atomic mass is 16.5. The minimum atomic E-state index is -0.154. The molecule has 3 heterocycles. The van der Waals surface area contributed by atoms with E-state index in [2.05, 4.69) is 4.98 Å². The molecule has 1 saturated heterocycles. The van der Waals surface area contributed by atoms with E-state index in [1.807, 2.05) is 25.2 Å². The second-order valence-electron chi connectivity index (χ2n) is 8.42. The Labute approximate surface area is 180 Å². The van der Waals surface area contributed by atoms with Gasteiger partial charge in [-0.3, -0.25) is 4.79 Å². The highest BCUT2D eigenvalue weighted by Gasteiger charge is 2.25. The van der Waals surface area contributed by atoms with Gasteiger partial charge in [0.15, 0.2) is 5.65 Å². The van der Waals surface area contributed by atoms with Gasteiger partial charge in [-0.25, -0.2) is 9.67 Å². The first-order valence-corrected chi connectivity index (χ1v) is 11.0. The lowest BCUT2D eigenvalue weighted by atomic mass is 9.86. The third-order valence-electron chi connectivity index (χ3n) is 6.33. The fourth-order valence-electron chi connectivity index (χ4n) is 4.71. The molecule has 8 heteroatoms. The molecule has 0 radical (unpaired) electrons. The minimum absolute atomic E-state index is 0.0532. The number of benzene rings is 1. The van der Waals surface area contributed by atoms with Gasteiger partial charge in [-0.1, -0.05) is 19.3 Å². The van der Waals surface area contributed by atoms with Crippen LogP contribution in [0.1, 0.15) is 50.1 Å². The standard InChI is InChI=1S/C23H28N4O4/c1-27-22-19(20(26-27)14-6-4-3-5-7-14)23(28)25-21(24-22)17-9-8-15(12-18(17)29-2)31-16-10-11-30-13-16/h8-9,12,14,16H,3-7,10-11,13H2,1-2H3,(H,24,25,28)/t16-/m0/s1. The summed E-state index contributed by atoms with van der Waals surface area (Å²) in [6.45, 7) is 1.32. The molecule has 2 fully saturated rings. The molecule has 1 aromatic carbocycles. The van der Waals surface area contributed by atoms with Crippen LogP contribution < -0.4 is 15.0 Å². The molecule has 2 aromatic heterocycles. The molecule has 5 rings (SSSR count). The molecule has 2 aliphatic rings. The molecule has 31 heavy (non-hydrogen) atoms. The number of aromatic nitrogens is 4. The number of rotatable bonds is 5. The largest absolute Gasteiger partial charge is 0.496 e. The van der Waals surface area contributed by atoms with Gasteiger partial charge in [0.1, 0.15) is 28.8 Å². The third-order valence-corrected chi connectivity index (χ3v) is 6.33. The molecule has 3 aromatic rings. The lowest BCUT2D eigenvalue weighted by Gasteiger charge is -2.19. The Morgan fingerprint density at radius 3 is 2.77 bits per heavy atom. The van der Waals surface area contributed by atoms with Gasteiger partial charge in [0.2, 0.25) is 0 Å². The summed E-state index contributed by atoms with van der Waals surface area (Å²) < 4.78 is 18.7. The predicted octanol–water partition coefficient (Wildman–Crippen LogP) is 3.55. The molecule has 164 valence electrons. The number of aryl methyl sites for hydroxylation is 1. The first kappa shape index (κ1) is 20.1. The topological polar surface area (TPSA) is 91.3 Å². The summed E-state index contributed by atoms with van der Waals surface area (Å²) in [5.41, 5.74) is 2.04. The number of hydrogen-bond acceptors (Lipinski definition) is 6. The molecular formula is C23H28N4O4. The molecule has 0 spiro atoms. The van der Waals surface area contributed by atoms with Crippen LogP contribution in [0.2, 0.25) is 0 Å². The van der Waals surface area contributed by atoms with Gasteiger partial charge in [0.25, 0.3) is 5.56 Å². The number of ether oxygens (including phenoxy) is 3. The lowest BCUT2D eigenvalue weighted by Crippen LogP contribution is -2.16. The van der Waals surface area contributed by atoms with Crippen LogP contribution >= 0.6 is 0 Å². The number of methoxy groups -OCH3 is 1. The summed E-state index contributed by atoms with van der Waals surface area (Å²) in [7, 11) is 3.45. The summed E-state index contributed by atoms with van der Waals surface area (Å²) in [4.78, 5) is 20.9. The second kappa shape index (κ2) is 8.34. The average molecular weight is 425 g/mol. The van der Waals surface area contributed by atoms with Crippen LogP contribution in [0.3, 0.4) is 0 Å². The number of nitrogens with one attached hydrogen (secondary N) is 1. The predicted molar refractivity (Wildman–Crippen MR) is 117 cm³/mol. The van der Waals surface area contributed by atoms with Crippen LogP contribution in [-0.2, 0) is 11.8 Å². The van der Waals surface area contributed by atoms with E-state index < -0.39 is 0 Å². The van der Waals surface area contributed by atoms with E-state index in [0.29, 0.717) is 46.4 Å². The molecule has 0 bridgehead atoms. The molecule has 1 saturated carbocycles. The van der Waals surface area contributed by atoms with Gasteiger partial charge in [0, 0.05) is 25.5 Å². The van der Waals surface area contributed by atoms with E-state index in [1.165, 1.54) is 19.3 Å². The number of H-pyrrole nitrogens is 1. The quantitative estimate of drug-likeness (QED) is 0.674. The zero-order chi connectivity index (χ0) is 21.4. The zero-order valence-electron chi connectivity index (χ0n) is 18.0. The summed E-state index contributed by atoms with van der Waals surface area (Å²) in [5.74, 6) is 2.09. The maximum Gasteiger partial charge on any atom is 0.262 e. The molecule has 1 aliphatic heterocycles. The smallest absolute Gasteiger partial charge is 0.262 e.